The molecule has 8 nitrogen and oxygen atoms in total. The van der Waals surface area contributed by atoms with Gasteiger partial charge in [0.05, 0.1) is 5.56 Å². The number of hydrogen-bond donors (Lipinski definition) is 1. The predicted molar refractivity (Wildman–Crippen MR) is 78.6 cm³/mol. The molecule has 0 unspecified atom stereocenters. The van der Waals surface area contributed by atoms with Crippen molar-refractivity contribution in [2.24, 2.45) is 0 Å². The zero-order chi connectivity index (χ0) is 16.1. The Morgan fingerprint density at radius 3 is 3.05 bits per heavy atom. The summed E-state index contributed by atoms with van der Waals surface area (Å²) in [7, 11) is 0. The number of amides is 1. The largest absolute Gasteiger partial charge is 0.473 e. The van der Waals surface area contributed by atoms with E-state index in [-0.39, 0.29) is 5.75 Å². The zero-order valence-electron chi connectivity index (χ0n) is 11.3. The molecule has 0 spiro atoms. The van der Waals surface area contributed by atoms with Crippen molar-refractivity contribution in [2.45, 2.75) is 13.0 Å². The van der Waals surface area contributed by atoms with Crippen LogP contribution in [0, 0.1) is 21.4 Å². The Morgan fingerprint density at radius 2 is 2.36 bits per heavy atom. The van der Waals surface area contributed by atoms with Crippen molar-refractivity contribution in [3.05, 3.63) is 45.5 Å². The van der Waals surface area contributed by atoms with Gasteiger partial charge in [-0.25, -0.2) is 0 Å². The number of aromatic nitrogens is 1. The van der Waals surface area contributed by atoms with Crippen molar-refractivity contribution in [1.82, 2.24) is 4.98 Å². The highest BCUT2D eigenvalue weighted by atomic mass is 32.1. The average molecular weight is 318 g/mol. The van der Waals surface area contributed by atoms with E-state index in [4.69, 9.17) is 10.00 Å². The van der Waals surface area contributed by atoms with Crippen LogP contribution in [0.15, 0.2) is 29.8 Å². The predicted octanol–water partition coefficient (Wildman–Crippen LogP) is 2.33. The molecule has 22 heavy (non-hydrogen) atoms. The first-order valence-electron chi connectivity index (χ1n) is 6.07. The molecule has 2 heterocycles. The molecule has 0 aliphatic rings. The number of anilines is 1. The Bertz CT molecular complexity index is 752. The number of hydrogen-bond acceptors (Lipinski definition) is 7. The van der Waals surface area contributed by atoms with E-state index in [0.29, 0.717) is 10.6 Å². The normalized spacial score (nSPS) is 11.3. The summed E-state index contributed by atoms with van der Waals surface area (Å²) in [4.78, 5) is 25.8. The molecular formula is C13H10N4O4S. The number of thiophene rings is 1. The highest BCUT2D eigenvalue weighted by Crippen LogP contribution is 2.25. The molecule has 112 valence electrons. The lowest BCUT2D eigenvalue weighted by Gasteiger charge is -2.13. The number of rotatable bonds is 5. The number of pyridine rings is 1. The Labute approximate surface area is 129 Å². The molecule has 1 N–H and O–H groups in total. The van der Waals surface area contributed by atoms with E-state index in [9.17, 15) is 14.9 Å². The molecule has 0 fully saturated rings. The maximum absolute atomic E-state index is 12.0. The number of nitrogens with zero attached hydrogens (tertiary/aromatic N) is 3. The summed E-state index contributed by atoms with van der Waals surface area (Å²) in [6, 6.07) is 6.36. The molecule has 2 rings (SSSR count). The van der Waals surface area contributed by atoms with Crippen LogP contribution in [-0.4, -0.2) is 21.9 Å². The standard InChI is InChI=1S/C13H10N4O4S/c1-8(12(18)16-13-9(7-14)4-6-22-13)21-10-3-2-5-15-11(10)17(19)20/h2-6,8H,1H3,(H,16,18)/t8-/m0/s1. The minimum Gasteiger partial charge on any atom is -0.473 e. The smallest absolute Gasteiger partial charge is 0.406 e. The van der Waals surface area contributed by atoms with Crippen LogP contribution < -0.4 is 10.1 Å². The van der Waals surface area contributed by atoms with Gasteiger partial charge < -0.3 is 20.2 Å². The van der Waals surface area contributed by atoms with Crippen molar-refractivity contribution in [2.75, 3.05) is 5.32 Å². The Balaban J connectivity index is 2.10. The fourth-order valence-corrected chi connectivity index (χ4v) is 2.30. The maximum atomic E-state index is 12.0. The molecule has 0 saturated heterocycles. The van der Waals surface area contributed by atoms with Crippen LogP contribution in [0.5, 0.6) is 5.75 Å². The second kappa shape index (κ2) is 6.64. The van der Waals surface area contributed by atoms with Crippen LogP contribution in [-0.2, 0) is 4.79 Å². The minimum atomic E-state index is -0.989. The first kappa shape index (κ1) is 15.4. The molecular weight excluding hydrogens is 308 g/mol. The van der Waals surface area contributed by atoms with Crippen LogP contribution >= 0.6 is 11.3 Å². The van der Waals surface area contributed by atoms with Crippen LogP contribution in [0.25, 0.3) is 0 Å². The molecule has 0 aliphatic heterocycles. The van der Waals surface area contributed by atoms with E-state index in [0.717, 1.165) is 0 Å². The van der Waals surface area contributed by atoms with Gasteiger partial charge in [-0.05, 0) is 40.4 Å². The summed E-state index contributed by atoms with van der Waals surface area (Å²) < 4.78 is 5.30. The van der Waals surface area contributed by atoms with Crippen molar-refractivity contribution in [1.29, 1.82) is 5.26 Å². The highest BCUT2D eigenvalue weighted by molar-refractivity contribution is 7.14. The van der Waals surface area contributed by atoms with E-state index < -0.39 is 22.8 Å². The molecule has 9 heteroatoms. The Kier molecular flexibility index (Phi) is 4.65. The number of nitriles is 1. The number of carbonyl (C=O) groups excluding carboxylic acids is 1. The number of ether oxygens (including phenoxy) is 1. The fourth-order valence-electron chi connectivity index (χ4n) is 1.56. The van der Waals surface area contributed by atoms with Crippen molar-refractivity contribution in [3.8, 4) is 11.8 Å². The van der Waals surface area contributed by atoms with Crippen molar-refractivity contribution < 1.29 is 14.5 Å². The molecule has 0 bridgehead atoms. The Hall–Kier alpha value is -2.99. The molecule has 2 aromatic heterocycles. The average Bonchev–Trinajstić information content (AvgIpc) is 2.94. The van der Waals surface area contributed by atoms with E-state index >= 15 is 0 Å². The van der Waals surface area contributed by atoms with E-state index in [1.807, 2.05) is 6.07 Å². The minimum absolute atomic E-state index is 0.0955. The summed E-state index contributed by atoms with van der Waals surface area (Å²) in [6.07, 6.45) is 0.275. The summed E-state index contributed by atoms with van der Waals surface area (Å²) in [5.74, 6) is -1.07. The van der Waals surface area contributed by atoms with Gasteiger partial charge in [-0.15, -0.1) is 11.3 Å². The zero-order valence-corrected chi connectivity index (χ0v) is 12.2. The van der Waals surface area contributed by atoms with Crippen LogP contribution in [0.2, 0.25) is 0 Å². The summed E-state index contributed by atoms with van der Waals surface area (Å²) in [6.45, 7) is 1.45. The summed E-state index contributed by atoms with van der Waals surface area (Å²) in [5.41, 5.74) is 0.345. The summed E-state index contributed by atoms with van der Waals surface area (Å²) in [5, 5.41) is 24.4. The Morgan fingerprint density at radius 1 is 1.59 bits per heavy atom. The second-order valence-electron chi connectivity index (χ2n) is 4.11. The van der Waals surface area contributed by atoms with E-state index in [1.54, 1.807) is 11.4 Å². The van der Waals surface area contributed by atoms with Gasteiger partial charge in [0.15, 0.2) is 6.10 Å². The lowest BCUT2D eigenvalue weighted by Crippen LogP contribution is -2.30. The van der Waals surface area contributed by atoms with Gasteiger partial charge in [-0.3, -0.25) is 4.79 Å². The molecule has 1 atom stereocenters. The van der Waals surface area contributed by atoms with Gasteiger partial charge in [0, 0.05) is 0 Å². The molecule has 2 aromatic rings. The maximum Gasteiger partial charge on any atom is 0.406 e. The SMILES string of the molecule is C[C@H](Oc1cccnc1[N+](=O)[O-])C(=O)Nc1sccc1C#N. The third-order valence-corrected chi connectivity index (χ3v) is 3.45. The van der Waals surface area contributed by atoms with Crippen molar-refractivity contribution >= 4 is 28.1 Å². The fraction of sp³-hybridized carbons (Fsp3) is 0.154. The van der Waals surface area contributed by atoms with Gasteiger partial charge in [0.25, 0.3) is 5.91 Å². The molecule has 0 aromatic carbocycles. The topological polar surface area (TPSA) is 118 Å². The van der Waals surface area contributed by atoms with Crippen LogP contribution in [0.4, 0.5) is 10.8 Å². The molecule has 0 radical (unpaired) electrons. The van der Waals surface area contributed by atoms with Crippen molar-refractivity contribution in [3.63, 3.8) is 0 Å². The van der Waals surface area contributed by atoms with Gasteiger partial charge in [-0.2, -0.15) is 5.26 Å². The van der Waals surface area contributed by atoms with Crippen LogP contribution in [0.3, 0.4) is 0 Å². The third-order valence-electron chi connectivity index (χ3n) is 2.62. The second-order valence-corrected chi connectivity index (χ2v) is 5.02. The van der Waals surface area contributed by atoms with E-state index in [1.165, 1.54) is 36.6 Å². The lowest BCUT2D eigenvalue weighted by molar-refractivity contribution is -0.390. The first-order chi connectivity index (χ1) is 10.5. The number of nitrogens with one attached hydrogen (secondary N) is 1. The van der Waals surface area contributed by atoms with Gasteiger partial charge in [0.1, 0.15) is 17.3 Å². The molecule has 0 aliphatic carbocycles. The first-order valence-corrected chi connectivity index (χ1v) is 6.95. The van der Waals surface area contributed by atoms with Crippen LogP contribution in [0.1, 0.15) is 12.5 Å². The quantitative estimate of drug-likeness (QED) is 0.667. The van der Waals surface area contributed by atoms with Gasteiger partial charge in [-0.1, -0.05) is 0 Å². The monoisotopic (exact) mass is 318 g/mol. The summed E-state index contributed by atoms with van der Waals surface area (Å²) >= 11 is 1.20. The molecule has 1 amide bonds. The lowest BCUT2D eigenvalue weighted by atomic mass is 10.3. The van der Waals surface area contributed by atoms with E-state index in [2.05, 4.69) is 10.3 Å². The third kappa shape index (κ3) is 3.36. The van der Waals surface area contributed by atoms with Gasteiger partial charge in [0.2, 0.25) is 5.75 Å². The number of carbonyl (C=O) groups is 1. The highest BCUT2D eigenvalue weighted by Gasteiger charge is 2.22. The number of nitro groups is 1. The van der Waals surface area contributed by atoms with Gasteiger partial charge >= 0.3 is 5.82 Å². The molecule has 0 saturated carbocycles.